The molecule has 27 heavy (non-hydrogen) atoms. The highest BCUT2D eigenvalue weighted by Gasteiger charge is 2.56. The van der Waals surface area contributed by atoms with Crippen molar-refractivity contribution in [2.24, 2.45) is 0 Å². The van der Waals surface area contributed by atoms with Gasteiger partial charge in [-0.3, -0.25) is 14.4 Å². The average Bonchev–Trinajstić information content (AvgIpc) is 3.22. The zero-order chi connectivity index (χ0) is 19.0. The lowest BCUT2D eigenvalue weighted by molar-refractivity contribution is -0.136. The SMILES string of the molecule is CC(=O)c1ccc(NC(=O)[C@H]2CS[C@]3(c4ccccc4)CCC(=O)N23)cc1. The molecule has 0 aliphatic carbocycles. The Hall–Kier alpha value is -2.60. The largest absolute Gasteiger partial charge is 0.324 e. The number of nitrogens with one attached hydrogen (secondary N) is 1. The minimum absolute atomic E-state index is 0.0182. The quantitative estimate of drug-likeness (QED) is 0.826. The predicted octanol–water partition coefficient (Wildman–Crippen LogP) is 3.42. The van der Waals surface area contributed by atoms with Crippen molar-refractivity contribution in [2.75, 3.05) is 11.1 Å². The summed E-state index contributed by atoms with van der Waals surface area (Å²) in [7, 11) is 0. The molecule has 2 amide bonds. The van der Waals surface area contributed by atoms with Gasteiger partial charge in [0, 0.05) is 23.4 Å². The number of Topliss-reactive ketones (excluding diaryl/α,β-unsaturated/α-hetero) is 1. The van der Waals surface area contributed by atoms with E-state index in [-0.39, 0.29) is 17.6 Å². The molecule has 4 rings (SSSR count). The molecule has 0 aromatic heterocycles. The normalized spacial score (nSPS) is 24.0. The Morgan fingerprint density at radius 3 is 2.48 bits per heavy atom. The van der Waals surface area contributed by atoms with Gasteiger partial charge in [-0.15, -0.1) is 11.8 Å². The van der Waals surface area contributed by atoms with Crippen LogP contribution in [0.3, 0.4) is 0 Å². The fraction of sp³-hybridized carbons (Fsp3) is 0.286. The molecule has 2 aromatic rings. The molecular weight excluding hydrogens is 360 g/mol. The van der Waals surface area contributed by atoms with Gasteiger partial charge in [-0.05, 0) is 43.2 Å². The summed E-state index contributed by atoms with van der Waals surface area (Å²) in [5, 5.41) is 2.89. The molecule has 0 bridgehead atoms. The summed E-state index contributed by atoms with van der Waals surface area (Å²) >= 11 is 1.67. The van der Waals surface area contributed by atoms with Gasteiger partial charge in [0.1, 0.15) is 10.9 Å². The first-order valence-corrected chi connectivity index (χ1v) is 9.93. The van der Waals surface area contributed by atoms with E-state index >= 15 is 0 Å². The number of rotatable bonds is 4. The first kappa shape index (κ1) is 17.8. The summed E-state index contributed by atoms with van der Waals surface area (Å²) in [5.74, 6) is 0.385. The lowest BCUT2D eigenvalue weighted by Gasteiger charge is -2.34. The van der Waals surface area contributed by atoms with Gasteiger partial charge in [0.2, 0.25) is 11.8 Å². The molecule has 138 valence electrons. The molecule has 5 nitrogen and oxygen atoms in total. The molecular formula is C21H20N2O3S. The standard InChI is InChI=1S/C21H20N2O3S/c1-14(24)15-7-9-17(10-8-15)22-20(26)18-13-27-21(12-11-19(25)23(18)21)16-5-3-2-4-6-16/h2-10,18H,11-13H2,1H3,(H,22,26)/t18-,21+/m1/s1. The number of hydrogen-bond donors (Lipinski definition) is 1. The smallest absolute Gasteiger partial charge is 0.248 e. The Labute approximate surface area is 162 Å². The first-order valence-electron chi connectivity index (χ1n) is 8.95. The first-order chi connectivity index (χ1) is 13.0. The third-order valence-electron chi connectivity index (χ3n) is 5.21. The van der Waals surface area contributed by atoms with Gasteiger partial charge in [0.15, 0.2) is 5.78 Å². The van der Waals surface area contributed by atoms with E-state index < -0.39 is 10.9 Å². The number of amides is 2. The molecule has 2 saturated heterocycles. The summed E-state index contributed by atoms with van der Waals surface area (Å²) in [6, 6.07) is 16.3. The van der Waals surface area contributed by atoms with Crippen LogP contribution < -0.4 is 5.32 Å². The predicted molar refractivity (Wildman–Crippen MR) is 106 cm³/mol. The Morgan fingerprint density at radius 1 is 1.11 bits per heavy atom. The van der Waals surface area contributed by atoms with Crippen molar-refractivity contribution in [3.8, 4) is 0 Å². The molecule has 0 unspecified atom stereocenters. The van der Waals surface area contributed by atoms with Gasteiger partial charge in [-0.2, -0.15) is 0 Å². The molecule has 2 heterocycles. The number of carbonyl (C=O) groups is 3. The maximum atomic E-state index is 12.9. The highest BCUT2D eigenvalue weighted by atomic mass is 32.2. The van der Waals surface area contributed by atoms with Crippen LogP contribution in [0, 0.1) is 0 Å². The topological polar surface area (TPSA) is 66.5 Å². The van der Waals surface area contributed by atoms with Crippen LogP contribution in [0.4, 0.5) is 5.69 Å². The number of fused-ring (bicyclic) bond motifs is 1. The fourth-order valence-electron chi connectivity index (χ4n) is 3.85. The van der Waals surface area contributed by atoms with Crippen LogP contribution >= 0.6 is 11.8 Å². The Balaban J connectivity index is 1.56. The van der Waals surface area contributed by atoms with Crippen molar-refractivity contribution in [1.29, 1.82) is 0 Å². The lowest BCUT2D eigenvalue weighted by atomic mass is 10.0. The summed E-state index contributed by atoms with van der Waals surface area (Å²) < 4.78 is 0. The highest BCUT2D eigenvalue weighted by molar-refractivity contribution is 8.00. The van der Waals surface area contributed by atoms with Crippen LogP contribution in [0.2, 0.25) is 0 Å². The maximum Gasteiger partial charge on any atom is 0.248 e. The Morgan fingerprint density at radius 2 is 1.81 bits per heavy atom. The van der Waals surface area contributed by atoms with Crippen molar-refractivity contribution in [1.82, 2.24) is 4.90 Å². The van der Waals surface area contributed by atoms with Crippen molar-refractivity contribution in [3.05, 3.63) is 65.7 Å². The third kappa shape index (κ3) is 3.04. The van der Waals surface area contributed by atoms with E-state index in [9.17, 15) is 14.4 Å². The second-order valence-electron chi connectivity index (χ2n) is 6.86. The van der Waals surface area contributed by atoms with Gasteiger partial charge >= 0.3 is 0 Å². The summed E-state index contributed by atoms with van der Waals surface area (Å²) in [5.41, 5.74) is 2.29. The zero-order valence-corrected chi connectivity index (χ0v) is 15.8. The third-order valence-corrected chi connectivity index (χ3v) is 6.81. The van der Waals surface area contributed by atoms with E-state index in [2.05, 4.69) is 5.32 Å². The van der Waals surface area contributed by atoms with Gasteiger partial charge in [0.25, 0.3) is 0 Å². The molecule has 6 heteroatoms. The number of hydrogen-bond acceptors (Lipinski definition) is 4. The molecule has 2 fully saturated rings. The van der Waals surface area contributed by atoms with Gasteiger partial charge < -0.3 is 10.2 Å². The lowest BCUT2D eigenvalue weighted by Crippen LogP contribution is -2.48. The zero-order valence-electron chi connectivity index (χ0n) is 15.0. The molecule has 2 aromatic carbocycles. The van der Waals surface area contributed by atoms with E-state index in [1.807, 2.05) is 30.3 Å². The van der Waals surface area contributed by atoms with E-state index in [0.29, 0.717) is 23.4 Å². The fourth-order valence-corrected chi connectivity index (χ4v) is 5.50. The molecule has 1 N–H and O–H groups in total. The van der Waals surface area contributed by atoms with Gasteiger partial charge in [-0.25, -0.2) is 0 Å². The van der Waals surface area contributed by atoms with Crippen molar-refractivity contribution in [3.63, 3.8) is 0 Å². The van der Waals surface area contributed by atoms with Gasteiger partial charge in [0.05, 0.1) is 0 Å². The Kier molecular flexibility index (Phi) is 4.52. The van der Waals surface area contributed by atoms with Crippen LogP contribution in [-0.2, 0) is 14.5 Å². The molecule has 0 radical (unpaired) electrons. The van der Waals surface area contributed by atoms with Crippen molar-refractivity contribution >= 4 is 35.0 Å². The molecule has 0 spiro atoms. The minimum atomic E-state index is -0.502. The van der Waals surface area contributed by atoms with Crippen LogP contribution in [0.15, 0.2) is 54.6 Å². The minimum Gasteiger partial charge on any atom is -0.324 e. The van der Waals surface area contributed by atoms with E-state index in [1.165, 1.54) is 6.92 Å². The molecule has 2 aliphatic heterocycles. The molecule has 2 atom stereocenters. The number of anilines is 1. The van der Waals surface area contributed by atoms with E-state index in [1.54, 1.807) is 40.9 Å². The van der Waals surface area contributed by atoms with Crippen LogP contribution in [0.25, 0.3) is 0 Å². The van der Waals surface area contributed by atoms with Crippen LogP contribution in [0.5, 0.6) is 0 Å². The number of benzene rings is 2. The number of carbonyl (C=O) groups excluding carboxylic acids is 3. The summed E-state index contributed by atoms with van der Waals surface area (Å²) in [6.45, 7) is 1.51. The van der Waals surface area contributed by atoms with Gasteiger partial charge in [-0.1, -0.05) is 30.3 Å². The highest BCUT2D eigenvalue weighted by Crippen LogP contribution is 2.54. The van der Waals surface area contributed by atoms with Crippen LogP contribution in [0.1, 0.15) is 35.7 Å². The number of ketones is 1. The monoisotopic (exact) mass is 380 g/mol. The van der Waals surface area contributed by atoms with E-state index in [4.69, 9.17) is 0 Å². The second kappa shape index (κ2) is 6.85. The van der Waals surface area contributed by atoms with Crippen LogP contribution in [-0.4, -0.2) is 34.3 Å². The molecule has 0 saturated carbocycles. The number of thioether (sulfide) groups is 1. The summed E-state index contributed by atoms with van der Waals surface area (Å²) in [6.07, 6.45) is 1.18. The summed E-state index contributed by atoms with van der Waals surface area (Å²) in [4.78, 5) is 38.2. The second-order valence-corrected chi connectivity index (χ2v) is 8.16. The maximum absolute atomic E-state index is 12.9. The van der Waals surface area contributed by atoms with Crippen molar-refractivity contribution < 1.29 is 14.4 Å². The number of nitrogens with zero attached hydrogens (tertiary/aromatic N) is 1. The Bertz CT molecular complexity index is 897. The van der Waals surface area contributed by atoms with E-state index in [0.717, 1.165) is 12.0 Å². The van der Waals surface area contributed by atoms with Crippen molar-refractivity contribution in [2.45, 2.75) is 30.7 Å². The molecule has 2 aliphatic rings. The average molecular weight is 380 g/mol.